The van der Waals surface area contributed by atoms with E-state index in [1.54, 1.807) is 7.05 Å². The van der Waals surface area contributed by atoms with E-state index in [1.807, 2.05) is 4.90 Å². The maximum Gasteiger partial charge on any atom is 0.270 e. The lowest BCUT2D eigenvalue weighted by Gasteiger charge is -2.27. The van der Waals surface area contributed by atoms with Crippen LogP contribution in [0.15, 0.2) is 5.10 Å². The Balaban J connectivity index is 2.73. The van der Waals surface area contributed by atoms with Crippen LogP contribution in [0.2, 0.25) is 0 Å². The summed E-state index contributed by atoms with van der Waals surface area (Å²) in [7, 11) is 1.61. The van der Waals surface area contributed by atoms with Crippen molar-refractivity contribution in [3.05, 3.63) is 0 Å². The van der Waals surface area contributed by atoms with Gasteiger partial charge in [0.25, 0.3) is 5.91 Å². The molecule has 0 bridgehead atoms. The van der Waals surface area contributed by atoms with Gasteiger partial charge in [0.1, 0.15) is 5.71 Å². The van der Waals surface area contributed by atoms with Crippen LogP contribution in [0.4, 0.5) is 0 Å². The molecule has 0 radical (unpaired) electrons. The van der Waals surface area contributed by atoms with E-state index in [9.17, 15) is 9.59 Å². The highest BCUT2D eigenvalue weighted by molar-refractivity contribution is 6.39. The molecule has 0 fully saturated rings. The summed E-state index contributed by atoms with van der Waals surface area (Å²) in [6.07, 6.45) is 2.82. The van der Waals surface area contributed by atoms with Crippen LogP contribution in [0.3, 0.4) is 0 Å². The summed E-state index contributed by atoms with van der Waals surface area (Å²) >= 11 is 0. The fourth-order valence-electron chi connectivity index (χ4n) is 2.15. The Morgan fingerprint density at radius 3 is 2.10 bits per heavy atom. The molecule has 1 aliphatic heterocycles. The van der Waals surface area contributed by atoms with Crippen molar-refractivity contribution in [1.29, 1.82) is 0 Å². The summed E-state index contributed by atoms with van der Waals surface area (Å²) in [5, 5.41) is 5.44. The molecule has 2 amide bonds. The molecule has 0 aromatic heterocycles. The minimum atomic E-state index is -0.0255. The Labute approximate surface area is 128 Å². The first kappa shape index (κ1) is 17.7. The van der Waals surface area contributed by atoms with Crippen LogP contribution in [-0.2, 0) is 9.59 Å². The zero-order valence-corrected chi connectivity index (χ0v) is 14.1. The molecular formula is C16H29N3O2. The van der Waals surface area contributed by atoms with E-state index in [1.165, 1.54) is 5.01 Å². The highest BCUT2D eigenvalue weighted by atomic mass is 16.2. The van der Waals surface area contributed by atoms with Crippen molar-refractivity contribution in [2.45, 2.75) is 53.4 Å². The summed E-state index contributed by atoms with van der Waals surface area (Å²) in [5.41, 5.74) is 0.518. The fraction of sp³-hybridized carbons (Fsp3) is 0.812. The molecular weight excluding hydrogens is 266 g/mol. The number of amides is 2. The summed E-state index contributed by atoms with van der Waals surface area (Å²) in [6, 6.07) is 0. The van der Waals surface area contributed by atoms with Crippen molar-refractivity contribution in [1.82, 2.24) is 9.91 Å². The molecule has 120 valence electrons. The van der Waals surface area contributed by atoms with Gasteiger partial charge >= 0.3 is 0 Å². The van der Waals surface area contributed by atoms with Gasteiger partial charge in [-0.15, -0.1) is 0 Å². The largest absolute Gasteiger partial charge is 0.338 e. The molecule has 5 nitrogen and oxygen atoms in total. The van der Waals surface area contributed by atoms with Crippen molar-refractivity contribution >= 4 is 17.5 Å². The Kier molecular flexibility index (Phi) is 6.85. The van der Waals surface area contributed by atoms with Crippen molar-refractivity contribution < 1.29 is 9.59 Å². The highest BCUT2D eigenvalue weighted by Gasteiger charge is 2.25. The number of rotatable bonds is 7. The quantitative estimate of drug-likeness (QED) is 0.724. The molecule has 0 saturated carbocycles. The van der Waals surface area contributed by atoms with Crippen LogP contribution in [0.1, 0.15) is 53.4 Å². The molecule has 0 unspecified atom stereocenters. The summed E-state index contributed by atoms with van der Waals surface area (Å²) in [6.45, 7) is 10.2. The molecule has 0 aromatic rings. The van der Waals surface area contributed by atoms with E-state index in [2.05, 4.69) is 32.8 Å². The van der Waals surface area contributed by atoms with Crippen molar-refractivity contribution in [3.8, 4) is 0 Å². The van der Waals surface area contributed by atoms with Crippen molar-refractivity contribution in [2.75, 3.05) is 20.1 Å². The molecule has 0 atom stereocenters. The lowest BCUT2D eigenvalue weighted by molar-refractivity contribution is -0.130. The number of hydrogen-bond acceptors (Lipinski definition) is 3. The first-order chi connectivity index (χ1) is 9.81. The Bertz CT molecular complexity index is 390. The van der Waals surface area contributed by atoms with Gasteiger partial charge < -0.3 is 4.90 Å². The number of hydrazone groups is 1. The second kappa shape index (κ2) is 8.15. The van der Waals surface area contributed by atoms with E-state index >= 15 is 0 Å². The van der Waals surface area contributed by atoms with Gasteiger partial charge in [0.2, 0.25) is 5.91 Å². The van der Waals surface area contributed by atoms with Crippen LogP contribution in [-0.4, -0.2) is 47.6 Å². The van der Waals surface area contributed by atoms with Crippen LogP contribution in [0, 0.1) is 11.8 Å². The van der Waals surface area contributed by atoms with Gasteiger partial charge in [-0.1, -0.05) is 27.7 Å². The van der Waals surface area contributed by atoms with E-state index < -0.39 is 0 Å². The Morgan fingerprint density at radius 1 is 1.14 bits per heavy atom. The predicted molar refractivity (Wildman–Crippen MR) is 84.9 cm³/mol. The summed E-state index contributed by atoms with van der Waals surface area (Å²) in [5.74, 6) is 1.10. The number of hydrogen-bond donors (Lipinski definition) is 0. The van der Waals surface area contributed by atoms with Gasteiger partial charge in [0, 0.05) is 33.0 Å². The third-order valence-electron chi connectivity index (χ3n) is 3.69. The molecule has 0 saturated heterocycles. The second-order valence-electron chi connectivity index (χ2n) is 6.62. The number of nitrogens with zero attached hydrogens (tertiary/aromatic N) is 3. The molecule has 0 spiro atoms. The third-order valence-corrected chi connectivity index (χ3v) is 3.69. The van der Waals surface area contributed by atoms with Crippen molar-refractivity contribution in [3.63, 3.8) is 0 Å². The third kappa shape index (κ3) is 5.86. The molecule has 1 rings (SSSR count). The first-order valence-electron chi connectivity index (χ1n) is 7.94. The minimum Gasteiger partial charge on any atom is -0.338 e. The zero-order chi connectivity index (χ0) is 16.0. The van der Waals surface area contributed by atoms with Gasteiger partial charge in [-0.25, -0.2) is 5.01 Å². The Morgan fingerprint density at radius 2 is 1.67 bits per heavy atom. The molecule has 5 heteroatoms. The topological polar surface area (TPSA) is 53.0 Å². The predicted octanol–water partition coefficient (Wildman–Crippen LogP) is 2.52. The van der Waals surface area contributed by atoms with Gasteiger partial charge in [-0.05, 0) is 24.7 Å². The standard InChI is InChI=1S/C16H29N3O2/c1-12(2)8-10-19(11-9-13(3)4)16(21)14-6-7-15(20)18(5)17-14/h12-13H,6-11H2,1-5H3. The lowest BCUT2D eigenvalue weighted by atomic mass is 10.1. The van der Waals surface area contributed by atoms with Gasteiger partial charge in [0.15, 0.2) is 0 Å². The fourth-order valence-corrected chi connectivity index (χ4v) is 2.15. The van der Waals surface area contributed by atoms with E-state index in [0.717, 1.165) is 25.9 Å². The lowest BCUT2D eigenvalue weighted by Crippen LogP contribution is -2.42. The Hall–Kier alpha value is -1.39. The minimum absolute atomic E-state index is 0.00403. The van der Waals surface area contributed by atoms with Crippen LogP contribution in [0.25, 0.3) is 0 Å². The van der Waals surface area contributed by atoms with Gasteiger partial charge in [-0.3, -0.25) is 9.59 Å². The molecule has 21 heavy (non-hydrogen) atoms. The average molecular weight is 295 g/mol. The summed E-state index contributed by atoms with van der Waals surface area (Å²) < 4.78 is 0. The summed E-state index contributed by atoms with van der Waals surface area (Å²) in [4.78, 5) is 26.0. The molecule has 1 aliphatic rings. The molecule has 0 aliphatic carbocycles. The monoisotopic (exact) mass is 295 g/mol. The molecule has 0 N–H and O–H groups in total. The number of carbonyl (C=O) groups excluding carboxylic acids is 2. The van der Waals surface area contributed by atoms with Crippen LogP contribution >= 0.6 is 0 Å². The number of carbonyl (C=O) groups is 2. The van der Waals surface area contributed by atoms with Gasteiger partial charge in [-0.2, -0.15) is 5.10 Å². The second-order valence-corrected chi connectivity index (χ2v) is 6.62. The molecule has 1 heterocycles. The average Bonchev–Trinajstić information content (AvgIpc) is 2.40. The van der Waals surface area contributed by atoms with Crippen LogP contribution in [0.5, 0.6) is 0 Å². The molecule has 0 aromatic carbocycles. The van der Waals surface area contributed by atoms with E-state index in [0.29, 0.717) is 30.4 Å². The van der Waals surface area contributed by atoms with Gasteiger partial charge in [0.05, 0.1) is 0 Å². The van der Waals surface area contributed by atoms with Crippen LogP contribution < -0.4 is 0 Å². The highest BCUT2D eigenvalue weighted by Crippen LogP contribution is 2.12. The smallest absolute Gasteiger partial charge is 0.270 e. The first-order valence-corrected chi connectivity index (χ1v) is 7.94. The van der Waals surface area contributed by atoms with E-state index in [-0.39, 0.29) is 11.8 Å². The zero-order valence-electron chi connectivity index (χ0n) is 14.1. The normalized spacial score (nSPS) is 15.7. The maximum atomic E-state index is 12.6. The maximum absolute atomic E-state index is 12.6. The van der Waals surface area contributed by atoms with Crippen molar-refractivity contribution in [2.24, 2.45) is 16.9 Å². The van der Waals surface area contributed by atoms with E-state index in [4.69, 9.17) is 0 Å². The SMILES string of the molecule is CC(C)CCN(CCC(C)C)C(=O)C1=NN(C)C(=O)CC1.